The molecule has 1 aliphatic heterocycles. The van der Waals surface area contributed by atoms with Crippen molar-refractivity contribution in [2.75, 3.05) is 18.5 Å². The number of benzene rings is 1. The molecule has 1 amide bonds. The number of imidazole rings is 1. The second-order valence-electron chi connectivity index (χ2n) is 7.42. The number of rotatable bonds is 5. The third-order valence-corrected chi connectivity index (χ3v) is 5.92. The summed E-state index contributed by atoms with van der Waals surface area (Å²) < 4.78 is 22.6. The average molecular weight is 445 g/mol. The Morgan fingerprint density at radius 3 is 3.06 bits per heavy atom. The number of halogens is 2. The van der Waals surface area contributed by atoms with Gasteiger partial charge in [-0.3, -0.25) is 14.9 Å². The lowest BCUT2D eigenvalue weighted by molar-refractivity contribution is -0.105. The van der Waals surface area contributed by atoms with Crippen molar-refractivity contribution in [1.29, 1.82) is 0 Å². The fourth-order valence-corrected chi connectivity index (χ4v) is 4.37. The standard InChI is InChI=1S/C20H18ClFN6O3/c21-17-15(12-6-28-7-13(24-9-29)26-14(28)5-23-12)11-4-25-27-19(11)16(18(17)22)20(30)10-2-1-3-31-8-10/h4-7,9-10,20,30H,1-3,8H2,(H,24,29)(H,25,27). The quantitative estimate of drug-likeness (QED) is 0.407. The summed E-state index contributed by atoms with van der Waals surface area (Å²) in [6.45, 7) is 0.989. The van der Waals surface area contributed by atoms with E-state index in [1.54, 1.807) is 16.8 Å². The van der Waals surface area contributed by atoms with Crippen molar-refractivity contribution in [1.82, 2.24) is 24.6 Å². The number of anilines is 1. The van der Waals surface area contributed by atoms with Crippen LogP contribution in [0.4, 0.5) is 10.2 Å². The molecule has 1 aliphatic rings. The van der Waals surface area contributed by atoms with Gasteiger partial charge in [0.05, 0.1) is 47.5 Å². The number of H-pyrrole nitrogens is 1. The summed E-state index contributed by atoms with van der Waals surface area (Å²) in [5.41, 5.74) is 1.68. The number of nitrogens with one attached hydrogen (secondary N) is 2. The van der Waals surface area contributed by atoms with Gasteiger partial charge >= 0.3 is 0 Å². The van der Waals surface area contributed by atoms with Crippen LogP contribution in [0.1, 0.15) is 24.5 Å². The first-order chi connectivity index (χ1) is 15.1. The highest BCUT2D eigenvalue weighted by Crippen LogP contribution is 2.42. The van der Waals surface area contributed by atoms with E-state index in [-0.39, 0.29) is 16.5 Å². The number of nitrogens with zero attached hydrogens (tertiary/aromatic N) is 4. The van der Waals surface area contributed by atoms with Gasteiger partial charge in [-0.1, -0.05) is 11.6 Å². The highest BCUT2D eigenvalue weighted by molar-refractivity contribution is 6.35. The summed E-state index contributed by atoms with van der Waals surface area (Å²) >= 11 is 6.48. The topological polar surface area (TPSA) is 117 Å². The van der Waals surface area contributed by atoms with E-state index in [9.17, 15) is 9.90 Å². The normalized spacial score (nSPS) is 17.8. The monoisotopic (exact) mass is 444 g/mol. The van der Waals surface area contributed by atoms with E-state index < -0.39 is 11.9 Å². The van der Waals surface area contributed by atoms with E-state index in [1.165, 1.54) is 12.4 Å². The van der Waals surface area contributed by atoms with Crippen molar-refractivity contribution in [3.63, 3.8) is 0 Å². The largest absolute Gasteiger partial charge is 0.388 e. The van der Waals surface area contributed by atoms with Crippen LogP contribution in [-0.2, 0) is 9.53 Å². The smallest absolute Gasteiger partial charge is 0.212 e. The Balaban J connectivity index is 1.65. The fourth-order valence-electron chi connectivity index (χ4n) is 4.07. The van der Waals surface area contributed by atoms with Gasteiger partial charge in [-0.25, -0.2) is 9.37 Å². The predicted molar refractivity (Wildman–Crippen MR) is 111 cm³/mol. The SMILES string of the molecule is O=CNc1cn2cc(-c3c(Cl)c(F)c(C(O)C4CCCOC4)c4[nH]ncc34)ncc2n1. The molecule has 0 aliphatic carbocycles. The summed E-state index contributed by atoms with van der Waals surface area (Å²) in [5.74, 6) is -0.601. The van der Waals surface area contributed by atoms with Crippen molar-refractivity contribution in [3.8, 4) is 11.3 Å². The number of hydrogen-bond donors (Lipinski definition) is 3. The van der Waals surface area contributed by atoms with Crippen LogP contribution in [0, 0.1) is 11.7 Å². The van der Waals surface area contributed by atoms with Gasteiger partial charge in [0.2, 0.25) is 6.41 Å². The van der Waals surface area contributed by atoms with Gasteiger partial charge in [0.15, 0.2) is 11.5 Å². The van der Waals surface area contributed by atoms with Crippen LogP contribution < -0.4 is 5.32 Å². The molecule has 0 spiro atoms. The highest BCUT2D eigenvalue weighted by Gasteiger charge is 2.31. The van der Waals surface area contributed by atoms with Crippen molar-refractivity contribution in [2.24, 2.45) is 5.92 Å². The number of aliphatic hydroxyl groups excluding tert-OH is 1. The molecule has 2 atom stereocenters. The maximum absolute atomic E-state index is 15.5. The van der Waals surface area contributed by atoms with E-state index in [1.807, 2.05) is 0 Å². The van der Waals surface area contributed by atoms with Crippen molar-refractivity contribution < 1.29 is 19.0 Å². The number of fused-ring (bicyclic) bond motifs is 2. The molecule has 2 unspecified atom stereocenters. The Morgan fingerprint density at radius 2 is 2.29 bits per heavy atom. The van der Waals surface area contributed by atoms with Crippen LogP contribution in [0.15, 0.2) is 24.8 Å². The van der Waals surface area contributed by atoms with E-state index in [0.29, 0.717) is 53.2 Å². The Kier molecular flexibility index (Phi) is 5.05. The molecule has 1 fully saturated rings. The minimum atomic E-state index is -1.09. The lowest BCUT2D eigenvalue weighted by Crippen LogP contribution is -2.24. The van der Waals surface area contributed by atoms with E-state index in [2.05, 4.69) is 25.5 Å². The number of hydrogen-bond acceptors (Lipinski definition) is 6. The van der Waals surface area contributed by atoms with Crippen LogP contribution in [0.2, 0.25) is 5.02 Å². The summed E-state index contributed by atoms with van der Waals surface area (Å²) in [4.78, 5) is 19.2. The van der Waals surface area contributed by atoms with Crippen molar-refractivity contribution in [2.45, 2.75) is 18.9 Å². The van der Waals surface area contributed by atoms with Crippen molar-refractivity contribution >= 4 is 40.4 Å². The molecular formula is C20H18ClFN6O3. The van der Waals surface area contributed by atoms with Crippen LogP contribution in [0.5, 0.6) is 0 Å². The second-order valence-corrected chi connectivity index (χ2v) is 7.80. The molecule has 3 N–H and O–H groups in total. The molecule has 1 saturated heterocycles. The molecule has 0 saturated carbocycles. The number of aliphatic hydroxyl groups is 1. The fraction of sp³-hybridized carbons (Fsp3) is 0.300. The minimum absolute atomic E-state index is 0.0814. The Labute approximate surface area is 180 Å². The summed E-state index contributed by atoms with van der Waals surface area (Å²) in [7, 11) is 0. The maximum Gasteiger partial charge on any atom is 0.212 e. The van der Waals surface area contributed by atoms with Crippen molar-refractivity contribution in [3.05, 3.63) is 41.2 Å². The molecule has 11 heteroatoms. The minimum Gasteiger partial charge on any atom is -0.388 e. The first-order valence-corrected chi connectivity index (χ1v) is 10.1. The third kappa shape index (κ3) is 3.32. The Hall–Kier alpha value is -3.08. The van der Waals surface area contributed by atoms with Gasteiger partial charge in [0.1, 0.15) is 5.82 Å². The van der Waals surface area contributed by atoms with Gasteiger partial charge in [0, 0.05) is 35.2 Å². The molecule has 5 rings (SSSR count). The van der Waals surface area contributed by atoms with E-state index in [0.717, 1.165) is 12.8 Å². The average Bonchev–Trinajstić information content (AvgIpc) is 3.41. The molecule has 31 heavy (non-hydrogen) atoms. The molecule has 4 heterocycles. The summed E-state index contributed by atoms with van der Waals surface area (Å²) in [5, 5.41) is 20.6. The summed E-state index contributed by atoms with van der Waals surface area (Å²) in [6, 6.07) is 0. The zero-order valence-corrected chi connectivity index (χ0v) is 16.9. The Morgan fingerprint density at radius 1 is 1.42 bits per heavy atom. The first-order valence-electron chi connectivity index (χ1n) is 9.73. The third-order valence-electron chi connectivity index (χ3n) is 5.57. The lowest BCUT2D eigenvalue weighted by atomic mass is 9.88. The molecule has 4 aromatic rings. The van der Waals surface area contributed by atoms with Crippen LogP contribution in [-0.4, -0.2) is 49.3 Å². The van der Waals surface area contributed by atoms with Gasteiger partial charge in [0.25, 0.3) is 0 Å². The zero-order chi connectivity index (χ0) is 21.5. The van der Waals surface area contributed by atoms with E-state index >= 15 is 4.39 Å². The number of aromatic amines is 1. The summed E-state index contributed by atoms with van der Waals surface area (Å²) in [6.07, 6.45) is 7.23. The van der Waals surface area contributed by atoms with Gasteiger partial charge in [-0.15, -0.1) is 0 Å². The predicted octanol–water partition coefficient (Wildman–Crippen LogP) is 3.09. The van der Waals surface area contributed by atoms with Gasteiger partial charge in [-0.05, 0) is 12.8 Å². The number of amides is 1. The molecule has 1 aromatic carbocycles. The van der Waals surface area contributed by atoms with Gasteiger partial charge in [-0.2, -0.15) is 5.10 Å². The lowest BCUT2D eigenvalue weighted by Gasteiger charge is -2.28. The van der Waals surface area contributed by atoms with Crippen LogP contribution in [0.3, 0.4) is 0 Å². The van der Waals surface area contributed by atoms with E-state index in [4.69, 9.17) is 16.3 Å². The van der Waals surface area contributed by atoms with Crippen LogP contribution >= 0.6 is 11.6 Å². The molecule has 9 nitrogen and oxygen atoms in total. The van der Waals surface area contributed by atoms with Crippen LogP contribution in [0.25, 0.3) is 27.8 Å². The molecule has 0 bridgehead atoms. The Bertz CT molecular complexity index is 1280. The first kappa shape index (κ1) is 19.9. The molecular weight excluding hydrogens is 427 g/mol. The molecule has 0 radical (unpaired) electrons. The number of carbonyl (C=O) groups excluding carboxylic acids is 1. The number of carbonyl (C=O) groups is 1. The second kappa shape index (κ2) is 7.88. The molecule has 3 aromatic heterocycles. The maximum atomic E-state index is 15.5. The number of aromatic nitrogens is 5. The number of ether oxygens (including phenoxy) is 1. The van der Waals surface area contributed by atoms with Gasteiger partial charge < -0.3 is 19.6 Å². The zero-order valence-electron chi connectivity index (χ0n) is 16.2. The molecule has 160 valence electrons. The highest BCUT2D eigenvalue weighted by atomic mass is 35.5.